The first kappa shape index (κ1) is 20.3. The van der Waals surface area contributed by atoms with Crippen molar-refractivity contribution in [2.24, 2.45) is 5.92 Å². The molecule has 0 spiro atoms. The highest BCUT2D eigenvalue weighted by Gasteiger charge is 2.32. The first-order valence-corrected chi connectivity index (χ1v) is 10.9. The highest BCUT2D eigenvalue weighted by atomic mass is 16.5. The summed E-state index contributed by atoms with van der Waals surface area (Å²) in [7, 11) is 0. The molecule has 5 rings (SSSR count). The van der Waals surface area contributed by atoms with Crippen molar-refractivity contribution in [1.82, 2.24) is 15.5 Å². The molecular weight excluding hydrogens is 406 g/mol. The van der Waals surface area contributed by atoms with E-state index in [9.17, 15) is 4.79 Å². The van der Waals surface area contributed by atoms with Crippen LogP contribution < -0.4 is 10.1 Å². The number of hydrogen-bond acceptors (Lipinski definition) is 6. The van der Waals surface area contributed by atoms with Gasteiger partial charge in [0.05, 0.1) is 0 Å². The fourth-order valence-corrected chi connectivity index (χ4v) is 3.60. The summed E-state index contributed by atoms with van der Waals surface area (Å²) in [5.74, 6) is 2.84. The maximum absolute atomic E-state index is 12.8. The van der Waals surface area contributed by atoms with Gasteiger partial charge in [-0.3, -0.25) is 4.79 Å². The first-order chi connectivity index (χ1) is 15.6. The fourth-order valence-electron chi connectivity index (χ4n) is 3.60. The zero-order valence-corrected chi connectivity index (χ0v) is 18.1. The van der Waals surface area contributed by atoms with Gasteiger partial charge in [-0.05, 0) is 53.8 Å². The molecule has 0 saturated heterocycles. The number of furan rings is 1. The smallest absolute Gasteiger partial charge is 0.287 e. The average molecular weight is 431 g/mol. The van der Waals surface area contributed by atoms with E-state index in [-0.39, 0.29) is 30.2 Å². The second-order valence-corrected chi connectivity index (χ2v) is 8.52. The van der Waals surface area contributed by atoms with E-state index in [2.05, 4.69) is 21.5 Å². The van der Waals surface area contributed by atoms with Crippen molar-refractivity contribution in [3.05, 3.63) is 77.8 Å². The molecule has 4 aromatic rings. The maximum Gasteiger partial charge on any atom is 0.287 e. The second kappa shape index (κ2) is 8.49. The maximum atomic E-state index is 12.8. The van der Waals surface area contributed by atoms with Gasteiger partial charge in [-0.15, -0.1) is 0 Å². The van der Waals surface area contributed by atoms with Gasteiger partial charge < -0.3 is 19.0 Å². The summed E-state index contributed by atoms with van der Waals surface area (Å²) in [6.45, 7) is 4.22. The monoisotopic (exact) mass is 431 g/mol. The van der Waals surface area contributed by atoms with Crippen molar-refractivity contribution in [3.63, 3.8) is 0 Å². The van der Waals surface area contributed by atoms with Gasteiger partial charge in [-0.25, -0.2) is 0 Å². The first-order valence-electron chi connectivity index (χ1n) is 10.9. The zero-order valence-electron chi connectivity index (χ0n) is 18.1. The van der Waals surface area contributed by atoms with Crippen molar-refractivity contribution in [1.29, 1.82) is 0 Å². The molecule has 1 atom stereocenters. The topological polar surface area (TPSA) is 90.4 Å². The molecule has 164 valence electrons. The summed E-state index contributed by atoms with van der Waals surface area (Å²) in [5.41, 5.74) is 0. The number of nitrogens with zero attached hydrogens (tertiary/aromatic N) is 2. The van der Waals surface area contributed by atoms with E-state index >= 15 is 0 Å². The van der Waals surface area contributed by atoms with Gasteiger partial charge in [0.15, 0.2) is 11.6 Å². The van der Waals surface area contributed by atoms with Crippen molar-refractivity contribution in [2.75, 3.05) is 0 Å². The van der Waals surface area contributed by atoms with Gasteiger partial charge in [-0.1, -0.05) is 49.3 Å². The summed E-state index contributed by atoms with van der Waals surface area (Å²) < 4.78 is 17.0. The molecule has 1 N–H and O–H groups in total. The Balaban J connectivity index is 1.22. The Morgan fingerprint density at radius 2 is 1.94 bits per heavy atom. The molecular formula is C25H25N3O4. The number of carbonyl (C=O) groups excluding carboxylic acids is 1. The number of nitrogens with one attached hydrogen (secondary N) is 1. The lowest BCUT2D eigenvalue weighted by molar-refractivity contribution is 0.0881. The molecule has 7 heteroatoms. The number of ether oxygens (including phenoxy) is 1. The molecule has 2 aromatic carbocycles. The van der Waals surface area contributed by atoms with Gasteiger partial charge in [-0.2, -0.15) is 4.98 Å². The zero-order chi connectivity index (χ0) is 22.1. The molecule has 32 heavy (non-hydrogen) atoms. The molecule has 2 aromatic heterocycles. The van der Waals surface area contributed by atoms with Crippen LogP contribution in [0.15, 0.2) is 63.5 Å². The average Bonchev–Trinajstić information content (AvgIpc) is 3.34. The van der Waals surface area contributed by atoms with Crippen LogP contribution in [0.5, 0.6) is 5.75 Å². The van der Waals surface area contributed by atoms with Crippen LogP contribution in [-0.4, -0.2) is 16.0 Å². The summed E-state index contributed by atoms with van der Waals surface area (Å²) in [6.07, 6.45) is 2.18. The van der Waals surface area contributed by atoms with Crippen LogP contribution in [0.2, 0.25) is 0 Å². The highest BCUT2D eigenvalue weighted by Crippen LogP contribution is 2.38. The predicted octanol–water partition coefficient (Wildman–Crippen LogP) is 5.40. The molecule has 1 saturated carbocycles. The molecule has 1 aliphatic rings. The number of rotatable bonds is 8. The standard InChI is InChI=1S/C25H25N3O4/c1-15(2)22(25-27-23(28-32-25)17-7-8-17)26-24(29)21-12-11-20(31-21)14-30-19-10-9-16-5-3-4-6-18(16)13-19/h3-6,9-13,15,17,22H,7-8,14H2,1-2H3,(H,26,29). The normalized spacial score (nSPS) is 14.6. The van der Waals surface area contributed by atoms with Crippen LogP contribution in [0.4, 0.5) is 0 Å². The predicted molar refractivity (Wildman–Crippen MR) is 118 cm³/mol. The fraction of sp³-hybridized carbons (Fsp3) is 0.320. The minimum Gasteiger partial charge on any atom is -0.486 e. The van der Waals surface area contributed by atoms with Crippen molar-refractivity contribution < 1.29 is 18.5 Å². The van der Waals surface area contributed by atoms with Crippen LogP contribution in [-0.2, 0) is 6.61 Å². The van der Waals surface area contributed by atoms with Gasteiger partial charge in [0.1, 0.15) is 24.2 Å². The minimum absolute atomic E-state index is 0.0807. The third-order valence-corrected chi connectivity index (χ3v) is 5.61. The van der Waals surface area contributed by atoms with Crippen molar-refractivity contribution in [2.45, 2.75) is 45.3 Å². The van der Waals surface area contributed by atoms with E-state index in [4.69, 9.17) is 13.7 Å². The van der Waals surface area contributed by atoms with E-state index in [1.54, 1.807) is 12.1 Å². The molecule has 0 aliphatic heterocycles. The molecule has 1 fully saturated rings. The number of aromatic nitrogens is 2. The molecule has 0 radical (unpaired) electrons. The number of benzene rings is 2. The SMILES string of the molecule is CC(C)C(NC(=O)c1ccc(COc2ccc3ccccc3c2)o1)c1nc(C2CC2)no1. The Morgan fingerprint density at radius 1 is 1.12 bits per heavy atom. The summed E-state index contributed by atoms with van der Waals surface area (Å²) in [4.78, 5) is 17.3. The second-order valence-electron chi connectivity index (χ2n) is 8.52. The van der Waals surface area contributed by atoms with Gasteiger partial charge in [0.25, 0.3) is 5.91 Å². The van der Waals surface area contributed by atoms with Gasteiger partial charge in [0.2, 0.25) is 5.89 Å². The number of amides is 1. The minimum atomic E-state index is -0.384. The Kier molecular flexibility index (Phi) is 5.39. The van der Waals surface area contributed by atoms with Crippen molar-refractivity contribution in [3.8, 4) is 5.75 Å². The number of hydrogen-bond donors (Lipinski definition) is 1. The summed E-state index contributed by atoms with van der Waals surface area (Å²) in [5, 5.41) is 9.28. The quantitative estimate of drug-likeness (QED) is 0.402. The molecule has 0 bridgehead atoms. The van der Waals surface area contributed by atoms with Crippen LogP contribution in [0, 0.1) is 5.92 Å². The Hall–Kier alpha value is -3.61. The van der Waals surface area contributed by atoms with Crippen molar-refractivity contribution >= 4 is 16.7 Å². The lowest BCUT2D eigenvalue weighted by atomic mass is 10.0. The number of fused-ring (bicyclic) bond motifs is 1. The third kappa shape index (κ3) is 4.37. The van der Waals surface area contributed by atoms with E-state index in [0.29, 0.717) is 17.6 Å². The lowest BCUT2D eigenvalue weighted by Gasteiger charge is -2.17. The van der Waals surface area contributed by atoms with Gasteiger partial charge >= 0.3 is 0 Å². The van der Waals surface area contributed by atoms with Crippen LogP contribution in [0.25, 0.3) is 10.8 Å². The molecule has 1 amide bonds. The van der Waals surface area contributed by atoms with Crippen LogP contribution in [0.1, 0.15) is 66.7 Å². The van der Waals surface area contributed by atoms with E-state index in [1.165, 1.54) is 0 Å². The third-order valence-electron chi connectivity index (χ3n) is 5.61. The van der Waals surface area contributed by atoms with Crippen LogP contribution >= 0.6 is 0 Å². The molecule has 1 unspecified atom stereocenters. The highest BCUT2D eigenvalue weighted by molar-refractivity contribution is 5.91. The lowest BCUT2D eigenvalue weighted by Crippen LogP contribution is -2.31. The summed E-state index contributed by atoms with van der Waals surface area (Å²) in [6, 6.07) is 17.0. The largest absolute Gasteiger partial charge is 0.486 e. The Morgan fingerprint density at radius 3 is 2.72 bits per heavy atom. The van der Waals surface area contributed by atoms with E-state index < -0.39 is 0 Å². The summed E-state index contributed by atoms with van der Waals surface area (Å²) >= 11 is 0. The number of carbonyl (C=O) groups is 1. The molecule has 7 nitrogen and oxygen atoms in total. The Bertz CT molecular complexity index is 1240. The molecule has 2 heterocycles. The van der Waals surface area contributed by atoms with E-state index in [1.807, 2.05) is 50.2 Å². The van der Waals surface area contributed by atoms with Crippen LogP contribution in [0.3, 0.4) is 0 Å². The van der Waals surface area contributed by atoms with E-state index in [0.717, 1.165) is 35.2 Å². The van der Waals surface area contributed by atoms with Gasteiger partial charge in [0, 0.05) is 5.92 Å². The Labute approximate surface area is 185 Å². The molecule has 1 aliphatic carbocycles.